The van der Waals surface area contributed by atoms with Gasteiger partial charge in [-0.2, -0.15) is 4.98 Å². The summed E-state index contributed by atoms with van der Waals surface area (Å²) in [6, 6.07) is 10.0. The number of nitrogens with zero attached hydrogens (tertiary/aromatic N) is 5. The first-order valence-electron chi connectivity index (χ1n) is 13.4. The van der Waals surface area contributed by atoms with E-state index >= 15 is 0 Å². The van der Waals surface area contributed by atoms with E-state index in [0.717, 1.165) is 70.3 Å². The number of likely N-dealkylation sites (tertiary alicyclic amines) is 2. The molecule has 3 saturated heterocycles. The molecule has 3 fully saturated rings. The first-order chi connectivity index (χ1) is 17.6. The van der Waals surface area contributed by atoms with Gasteiger partial charge in [0, 0.05) is 62.6 Å². The summed E-state index contributed by atoms with van der Waals surface area (Å²) in [5.74, 6) is 2.50. The van der Waals surface area contributed by atoms with E-state index in [9.17, 15) is 4.79 Å². The van der Waals surface area contributed by atoms with E-state index in [1.807, 2.05) is 17.2 Å². The van der Waals surface area contributed by atoms with Crippen molar-refractivity contribution in [2.45, 2.75) is 57.0 Å². The van der Waals surface area contributed by atoms with Crippen LogP contribution in [0.5, 0.6) is 5.75 Å². The number of benzene rings is 1. The number of ether oxygens (including phenoxy) is 1. The molecular weight excluding hydrogens is 476 g/mol. The molecule has 0 spiro atoms. The van der Waals surface area contributed by atoms with Crippen LogP contribution in [-0.2, 0) is 4.79 Å². The highest BCUT2D eigenvalue weighted by Gasteiger charge is 2.32. The van der Waals surface area contributed by atoms with E-state index < -0.39 is 0 Å². The smallest absolute Gasteiger partial charge is 0.260 e. The van der Waals surface area contributed by atoms with Crippen LogP contribution < -0.4 is 15.0 Å². The fourth-order valence-electron chi connectivity index (χ4n) is 5.56. The molecule has 0 saturated carbocycles. The molecule has 2 aromatic rings. The van der Waals surface area contributed by atoms with Gasteiger partial charge in [0.2, 0.25) is 5.95 Å². The molecule has 8 nitrogen and oxygen atoms in total. The second-order valence-corrected chi connectivity index (χ2v) is 10.6. The van der Waals surface area contributed by atoms with Crippen LogP contribution in [0.2, 0.25) is 5.02 Å². The number of carbonyl (C=O) groups is 1. The Morgan fingerprint density at radius 2 is 1.72 bits per heavy atom. The number of amides is 1. The van der Waals surface area contributed by atoms with Crippen LogP contribution in [0.4, 0.5) is 11.8 Å². The lowest BCUT2D eigenvalue weighted by atomic mass is 10.0. The van der Waals surface area contributed by atoms with E-state index in [1.54, 1.807) is 24.3 Å². The van der Waals surface area contributed by atoms with Gasteiger partial charge in [-0.3, -0.25) is 9.69 Å². The zero-order valence-corrected chi connectivity index (χ0v) is 21.7. The third kappa shape index (κ3) is 6.59. The van der Waals surface area contributed by atoms with Gasteiger partial charge in [-0.15, -0.1) is 0 Å². The summed E-state index contributed by atoms with van der Waals surface area (Å²) >= 11 is 5.91. The highest BCUT2D eigenvalue weighted by molar-refractivity contribution is 6.30. The number of carbonyl (C=O) groups excluding carboxylic acids is 1. The molecule has 36 heavy (non-hydrogen) atoms. The van der Waals surface area contributed by atoms with E-state index in [1.165, 1.54) is 25.7 Å². The minimum Gasteiger partial charge on any atom is -0.484 e. The Kier molecular flexibility index (Phi) is 8.43. The fourth-order valence-corrected chi connectivity index (χ4v) is 5.69. The van der Waals surface area contributed by atoms with Crippen molar-refractivity contribution in [1.82, 2.24) is 19.8 Å². The number of piperidine rings is 1. The molecule has 1 N–H and O–H groups in total. The summed E-state index contributed by atoms with van der Waals surface area (Å²) in [6.07, 6.45) is 10.1. The van der Waals surface area contributed by atoms with Gasteiger partial charge in [-0.25, -0.2) is 4.98 Å². The van der Waals surface area contributed by atoms with Crippen LogP contribution >= 0.6 is 11.6 Å². The molecule has 1 atom stereocenters. The molecule has 5 rings (SSSR count). The van der Waals surface area contributed by atoms with Crippen LogP contribution in [0.15, 0.2) is 36.5 Å². The molecule has 4 heterocycles. The normalized spacial score (nSPS) is 21.9. The van der Waals surface area contributed by atoms with Crippen LogP contribution in [0, 0.1) is 0 Å². The zero-order valence-electron chi connectivity index (χ0n) is 20.9. The second-order valence-electron chi connectivity index (χ2n) is 10.1. The Bertz CT molecular complexity index is 990. The quantitative estimate of drug-likeness (QED) is 0.599. The van der Waals surface area contributed by atoms with Crippen molar-refractivity contribution < 1.29 is 9.53 Å². The molecule has 1 aromatic carbocycles. The predicted molar refractivity (Wildman–Crippen MR) is 143 cm³/mol. The molecule has 0 bridgehead atoms. The number of anilines is 2. The molecule has 3 aliphatic heterocycles. The Balaban J connectivity index is 1.06. The molecule has 3 aliphatic rings. The first kappa shape index (κ1) is 25.1. The van der Waals surface area contributed by atoms with Crippen LogP contribution in [0.25, 0.3) is 0 Å². The molecule has 1 aromatic heterocycles. The minimum absolute atomic E-state index is 0.0470. The van der Waals surface area contributed by atoms with Gasteiger partial charge in [-0.05, 0) is 62.4 Å². The van der Waals surface area contributed by atoms with Gasteiger partial charge < -0.3 is 19.9 Å². The molecule has 1 amide bonds. The van der Waals surface area contributed by atoms with E-state index in [2.05, 4.69) is 20.1 Å². The van der Waals surface area contributed by atoms with Gasteiger partial charge in [0.25, 0.3) is 5.91 Å². The van der Waals surface area contributed by atoms with Crippen LogP contribution in [-0.4, -0.2) is 83.6 Å². The summed E-state index contributed by atoms with van der Waals surface area (Å²) in [5.41, 5.74) is 0. The molecule has 9 heteroatoms. The maximum absolute atomic E-state index is 12.6. The molecule has 0 radical (unpaired) electrons. The monoisotopic (exact) mass is 512 g/mol. The minimum atomic E-state index is 0.0470. The van der Waals surface area contributed by atoms with Gasteiger partial charge in [0.1, 0.15) is 11.6 Å². The van der Waals surface area contributed by atoms with Gasteiger partial charge in [-0.1, -0.05) is 24.4 Å². The number of rotatable bonds is 7. The average molecular weight is 513 g/mol. The average Bonchev–Trinajstić information content (AvgIpc) is 3.20. The highest BCUT2D eigenvalue weighted by Crippen LogP contribution is 2.24. The SMILES string of the molecule is O=C(COc1ccc(Cl)cc1)N1CCC(N2CCC(Nc3nccc(N4CCCCCC4)n3)C2)CC1. The largest absolute Gasteiger partial charge is 0.484 e. The summed E-state index contributed by atoms with van der Waals surface area (Å²) in [5, 5.41) is 4.24. The third-order valence-corrected chi connectivity index (χ3v) is 7.89. The van der Waals surface area contributed by atoms with Crippen LogP contribution in [0.1, 0.15) is 44.9 Å². The Labute approximate surface area is 219 Å². The lowest BCUT2D eigenvalue weighted by Crippen LogP contribution is -2.47. The molecular formula is C27H37ClN6O2. The lowest BCUT2D eigenvalue weighted by Gasteiger charge is -2.36. The standard InChI is InChI=1S/C27H37ClN6O2/c28-21-5-7-24(8-6-21)36-20-26(35)33-17-11-23(12-18-33)34-16-10-22(19-34)30-27-29-13-9-25(31-27)32-14-3-1-2-4-15-32/h5-9,13,22-23H,1-4,10-12,14-20H2,(H,29,30,31). The topological polar surface area (TPSA) is 73.8 Å². The lowest BCUT2D eigenvalue weighted by molar-refractivity contribution is -0.134. The number of halogens is 1. The fraction of sp³-hybridized carbons (Fsp3) is 0.593. The maximum atomic E-state index is 12.6. The van der Waals surface area contributed by atoms with Crippen molar-refractivity contribution in [2.24, 2.45) is 0 Å². The zero-order chi connectivity index (χ0) is 24.7. The summed E-state index contributed by atoms with van der Waals surface area (Å²) in [6.45, 7) is 5.87. The van der Waals surface area contributed by atoms with Crippen molar-refractivity contribution in [3.8, 4) is 5.75 Å². The van der Waals surface area contributed by atoms with E-state index in [4.69, 9.17) is 21.3 Å². The number of hydrogen-bond donors (Lipinski definition) is 1. The molecule has 0 aliphatic carbocycles. The maximum Gasteiger partial charge on any atom is 0.260 e. The van der Waals surface area contributed by atoms with Crippen molar-refractivity contribution >= 4 is 29.3 Å². The summed E-state index contributed by atoms with van der Waals surface area (Å²) in [7, 11) is 0. The van der Waals surface area contributed by atoms with E-state index in [0.29, 0.717) is 22.9 Å². The third-order valence-electron chi connectivity index (χ3n) is 7.63. The van der Waals surface area contributed by atoms with E-state index in [-0.39, 0.29) is 12.5 Å². The van der Waals surface area contributed by atoms with Crippen molar-refractivity contribution in [3.63, 3.8) is 0 Å². The van der Waals surface area contributed by atoms with Crippen LogP contribution in [0.3, 0.4) is 0 Å². The molecule has 194 valence electrons. The Morgan fingerprint density at radius 3 is 2.47 bits per heavy atom. The van der Waals surface area contributed by atoms with Crippen molar-refractivity contribution in [2.75, 3.05) is 56.1 Å². The Morgan fingerprint density at radius 1 is 0.972 bits per heavy atom. The number of hydrogen-bond acceptors (Lipinski definition) is 7. The summed E-state index contributed by atoms with van der Waals surface area (Å²) < 4.78 is 5.64. The van der Waals surface area contributed by atoms with Gasteiger partial charge >= 0.3 is 0 Å². The number of aromatic nitrogens is 2. The van der Waals surface area contributed by atoms with Gasteiger partial charge in [0.05, 0.1) is 0 Å². The van der Waals surface area contributed by atoms with Crippen molar-refractivity contribution in [3.05, 3.63) is 41.6 Å². The predicted octanol–water partition coefficient (Wildman–Crippen LogP) is 4.07. The second kappa shape index (κ2) is 12.1. The van der Waals surface area contributed by atoms with Crippen molar-refractivity contribution in [1.29, 1.82) is 0 Å². The summed E-state index contributed by atoms with van der Waals surface area (Å²) in [4.78, 5) is 28.9. The molecule has 1 unspecified atom stereocenters. The Hall–Kier alpha value is -2.58. The number of nitrogens with one attached hydrogen (secondary N) is 1. The highest BCUT2D eigenvalue weighted by atomic mass is 35.5. The van der Waals surface area contributed by atoms with Gasteiger partial charge in [0.15, 0.2) is 6.61 Å². The first-order valence-corrected chi connectivity index (χ1v) is 13.8.